The molecule has 5 heteroatoms. The molecule has 90 valence electrons. The number of nitrogens with zero attached hydrogens (tertiary/aromatic N) is 3. The maximum atomic E-state index is 9.38. The lowest BCUT2D eigenvalue weighted by Gasteiger charge is -2.00. The fourth-order valence-electron chi connectivity index (χ4n) is 1.80. The van der Waals surface area contributed by atoms with Gasteiger partial charge < -0.3 is 9.63 Å². The Morgan fingerprint density at radius 3 is 2.83 bits per heavy atom. The molecule has 0 aliphatic heterocycles. The van der Waals surface area contributed by atoms with Crippen molar-refractivity contribution in [3.8, 4) is 11.5 Å². The van der Waals surface area contributed by atoms with E-state index in [1.54, 1.807) is 13.1 Å². The van der Waals surface area contributed by atoms with Crippen molar-refractivity contribution < 1.29 is 9.63 Å². The summed E-state index contributed by atoms with van der Waals surface area (Å²) in [5.41, 5.74) is 0.656. The summed E-state index contributed by atoms with van der Waals surface area (Å²) in [5, 5.41) is 15.2. The fraction of sp³-hybridized carbons (Fsp3) is 0.154. The van der Waals surface area contributed by atoms with Gasteiger partial charge in [-0.25, -0.2) is 0 Å². The molecule has 0 amide bonds. The topological polar surface area (TPSA) is 72.0 Å². The van der Waals surface area contributed by atoms with Crippen LogP contribution in [0.4, 0.5) is 0 Å². The summed E-state index contributed by atoms with van der Waals surface area (Å²) in [6, 6.07) is 9.77. The molecule has 3 rings (SSSR count). The molecule has 0 aliphatic carbocycles. The molecule has 0 spiro atoms. The van der Waals surface area contributed by atoms with Crippen molar-refractivity contribution in [2.45, 2.75) is 13.0 Å². The van der Waals surface area contributed by atoms with Crippen LogP contribution in [0.2, 0.25) is 0 Å². The van der Waals surface area contributed by atoms with Crippen LogP contribution in [0, 0.1) is 0 Å². The van der Waals surface area contributed by atoms with Gasteiger partial charge in [-0.3, -0.25) is 4.98 Å². The molecule has 2 heterocycles. The minimum absolute atomic E-state index is 0.194. The molecule has 1 N–H and O–H groups in total. The number of aliphatic hydroxyl groups is 1. The van der Waals surface area contributed by atoms with Crippen LogP contribution in [-0.2, 0) is 0 Å². The number of aromatic nitrogens is 3. The molecule has 1 aromatic carbocycles. The van der Waals surface area contributed by atoms with E-state index in [2.05, 4.69) is 15.1 Å². The average molecular weight is 241 g/mol. The predicted octanol–water partition coefficient (Wildman–Crippen LogP) is 2.34. The van der Waals surface area contributed by atoms with Gasteiger partial charge in [0.15, 0.2) is 0 Å². The van der Waals surface area contributed by atoms with Crippen molar-refractivity contribution in [3.05, 3.63) is 42.4 Å². The number of pyridine rings is 1. The van der Waals surface area contributed by atoms with Gasteiger partial charge >= 0.3 is 0 Å². The van der Waals surface area contributed by atoms with Crippen LogP contribution < -0.4 is 0 Å². The van der Waals surface area contributed by atoms with E-state index < -0.39 is 6.10 Å². The zero-order chi connectivity index (χ0) is 12.5. The summed E-state index contributed by atoms with van der Waals surface area (Å²) >= 11 is 0. The summed E-state index contributed by atoms with van der Waals surface area (Å²) < 4.78 is 4.98. The SMILES string of the molecule is CC(O)c1nc(-c2nccc3ccccc23)no1. The normalized spacial score (nSPS) is 12.8. The van der Waals surface area contributed by atoms with Gasteiger partial charge in [0.25, 0.3) is 5.89 Å². The Balaban J connectivity index is 2.18. The predicted molar refractivity (Wildman–Crippen MR) is 65.7 cm³/mol. The molecular formula is C13H11N3O2. The highest BCUT2D eigenvalue weighted by Crippen LogP contribution is 2.24. The standard InChI is InChI=1S/C13H11N3O2/c1-8(17)13-15-12(16-18-13)11-10-5-3-2-4-9(10)6-7-14-11/h2-8,17H,1H3. The summed E-state index contributed by atoms with van der Waals surface area (Å²) in [5.74, 6) is 0.586. The number of hydrogen-bond donors (Lipinski definition) is 1. The van der Waals surface area contributed by atoms with Crippen LogP contribution in [0.5, 0.6) is 0 Å². The van der Waals surface area contributed by atoms with Crippen molar-refractivity contribution in [3.63, 3.8) is 0 Å². The molecule has 0 fully saturated rings. The molecule has 0 saturated heterocycles. The second-order valence-electron chi connectivity index (χ2n) is 4.01. The Morgan fingerprint density at radius 1 is 1.22 bits per heavy atom. The fourth-order valence-corrected chi connectivity index (χ4v) is 1.80. The lowest BCUT2D eigenvalue weighted by atomic mass is 10.1. The van der Waals surface area contributed by atoms with Crippen molar-refractivity contribution in [2.24, 2.45) is 0 Å². The quantitative estimate of drug-likeness (QED) is 0.745. The molecule has 2 aromatic heterocycles. The summed E-state index contributed by atoms with van der Waals surface area (Å²) in [6.45, 7) is 1.58. The summed E-state index contributed by atoms with van der Waals surface area (Å²) in [4.78, 5) is 8.42. The molecule has 18 heavy (non-hydrogen) atoms. The average Bonchev–Trinajstić information content (AvgIpc) is 2.87. The van der Waals surface area contributed by atoms with E-state index in [1.807, 2.05) is 30.3 Å². The third-order valence-electron chi connectivity index (χ3n) is 2.68. The van der Waals surface area contributed by atoms with Crippen LogP contribution in [0.1, 0.15) is 18.9 Å². The van der Waals surface area contributed by atoms with E-state index in [0.29, 0.717) is 11.5 Å². The van der Waals surface area contributed by atoms with Crippen molar-refractivity contribution in [1.82, 2.24) is 15.1 Å². The van der Waals surface area contributed by atoms with Crippen molar-refractivity contribution >= 4 is 10.8 Å². The molecule has 3 aromatic rings. The van der Waals surface area contributed by atoms with E-state index in [9.17, 15) is 5.11 Å². The maximum Gasteiger partial charge on any atom is 0.255 e. The van der Waals surface area contributed by atoms with Gasteiger partial charge in [0, 0.05) is 11.6 Å². The van der Waals surface area contributed by atoms with Crippen LogP contribution in [-0.4, -0.2) is 20.2 Å². The third kappa shape index (κ3) is 1.74. The van der Waals surface area contributed by atoms with E-state index in [4.69, 9.17) is 4.52 Å². The third-order valence-corrected chi connectivity index (χ3v) is 2.68. The minimum Gasteiger partial charge on any atom is -0.384 e. The molecule has 0 bridgehead atoms. The van der Waals surface area contributed by atoms with Gasteiger partial charge in [-0.1, -0.05) is 29.4 Å². The van der Waals surface area contributed by atoms with Gasteiger partial charge in [0.1, 0.15) is 11.8 Å². The second kappa shape index (κ2) is 4.19. The highest BCUT2D eigenvalue weighted by Gasteiger charge is 2.15. The first-order valence-electron chi connectivity index (χ1n) is 5.61. The molecule has 5 nitrogen and oxygen atoms in total. The molecular weight excluding hydrogens is 230 g/mol. The van der Waals surface area contributed by atoms with Crippen LogP contribution in [0.3, 0.4) is 0 Å². The van der Waals surface area contributed by atoms with Gasteiger partial charge in [-0.2, -0.15) is 4.98 Å². The first-order valence-corrected chi connectivity index (χ1v) is 5.61. The number of benzene rings is 1. The largest absolute Gasteiger partial charge is 0.384 e. The zero-order valence-corrected chi connectivity index (χ0v) is 9.74. The number of aliphatic hydroxyl groups excluding tert-OH is 1. The Bertz CT molecular complexity index is 686. The van der Waals surface area contributed by atoms with Crippen LogP contribution in [0.15, 0.2) is 41.1 Å². The second-order valence-corrected chi connectivity index (χ2v) is 4.01. The van der Waals surface area contributed by atoms with Gasteiger partial charge in [0.05, 0.1) is 0 Å². The van der Waals surface area contributed by atoms with Gasteiger partial charge in [-0.15, -0.1) is 0 Å². The van der Waals surface area contributed by atoms with Gasteiger partial charge in [0.2, 0.25) is 5.82 Å². The smallest absolute Gasteiger partial charge is 0.255 e. The Kier molecular flexibility index (Phi) is 2.53. The van der Waals surface area contributed by atoms with Crippen molar-refractivity contribution in [1.29, 1.82) is 0 Å². The van der Waals surface area contributed by atoms with E-state index in [0.717, 1.165) is 10.8 Å². The summed E-state index contributed by atoms with van der Waals surface area (Å²) in [6.07, 6.45) is 0.928. The van der Waals surface area contributed by atoms with E-state index in [1.165, 1.54) is 0 Å². The van der Waals surface area contributed by atoms with E-state index >= 15 is 0 Å². The highest BCUT2D eigenvalue weighted by molar-refractivity contribution is 5.92. The number of fused-ring (bicyclic) bond motifs is 1. The van der Waals surface area contributed by atoms with Crippen LogP contribution >= 0.6 is 0 Å². The Labute approximate surface area is 103 Å². The molecule has 0 radical (unpaired) electrons. The van der Waals surface area contributed by atoms with Crippen molar-refractivity contribution in [2.75, 3.05) is 0 Å². The van der Waals surface area contributed by atoms with Gasteiger partial charge in [-0.05, 0) is 18.4 Å². The molecule has 1 unspecified atom stereocenters. The lowest BCUT2D eigenvalue weighted by molar-refractivity contribution is 0.152. The summed E-state index contributed by atoms with van der Waals surface area (Å²) in [7, 11) is 0. The molecule has 1 atom stereocenters. The maximum absolute atomic E-state index is 9.38. The van der Waals surface area contributed by atoms with Crippen LogP contribution in [0.25, 0.3) is 22.3 Å². The highest BCUT2D eigenvalue weighted by atomic mass is 16.5. The Hall–Kier alpha value is -2.27. The monoisotopic (exact) mass is 241 g/mol. The Morgan fingerprint density at radius 2 is 2.06 bits per heavy atom. The van der Waals surface area contributed by atoms with E-state index in [-0.39, 0.29) is 5.89 Å². The number of hydrogen-bond acceptors (Lipinski definition) is 5. The number of rotatable bonds is 2. The lowest BCUT2D eigenvalue weighted by Crippen LogP contribution is -1.91. The zero-order valence-electron chi connectivity index (χ0n) is 9.74. The molecule has 0 saturated carbocycles. The first-order chi connectivity index (χ1) is 8.75. The molecule has 0 aliphatic rings. The minimum atomic E-state index is -0.777. The first kappa shape index (κ1) is 10.9.